The van der Waals surface area contributed by atoms with E-state index in [1.165, 1.54) is 7.11 Å². The van der Waals surface area contributed by atoms with Crippen LogP contribution in [0.4, 0.5) is 5.69 Å². The molecule has 0 bridgehead atoms. The molecule has 0 unspecified atom stereocenters. The van der Waals surface area contributed by atoms with Gasteiger partial charge in [-0.15, -0.1) is 0 Å². The molecule has 0 amide bonds. The van der Waals surface area contributed by atoms with Gasteiger partial charge in [-0.1, -0.05) is 66.7 Å². The van der Waals surface area contributed by atoms with Crippen LogP contribution in [0, 0.1) is 0 Å². The first-order valence-electron chi connectivity index (χ1n) is 13.8. The van der Waals surface area contributed by atoms with Crippen molar-refractivity contribution < 1.29 is 23.8 Å². The first kappa shape index (κ1) is 32.9. The molecule has 0 atom stereocenters. The van der Waals surface area contributed by atoms with E-state index in [-0.39, 0.29) is 0 Å². The fraction of sp³-hybridized carbons (Fsp3) is 0.200. The molecule has 43 heavy (non-hydrogen) atoms. The van der Waals surface area contributed by atoms with Crippen molar-refractivity contribution in [2.24, 2.45) is 5.73 Å². The highest BCUT2D eigenvalue weighted by Crippen LogP contribution is 2.33. The number of allylic oxidation sites excluding steroid dienone is 7. The first-order chi connectivity index (χ1) is 20.9. The lowest BCUT2D eigenvalue weighted by atomic mass is 10.1. The molecule has 3 aromatic rings. The summed E-state index contributed by atoms with van der Waals surface area (Å²) in [5.74, 6) is 1.02. The Morgan fingerprint density at radius 3 is 2.53 bits per heavy atom. The topological polar surface area (TPSA) is 99.9 Å². The summed E-state index contributed by atoms with van der Waals surface area (Å²) in [6.07, 6.45) is 10.4. The maximum absolute atomic E-state index is 13.4. The molecule has 0 aliphatic heterocycles. The zero-order chi connectivity index (χ0) is 31.2. The van der Waals surface area contributed by atoms with Gasteiger partial charge in [0, 0.05) is 29.6 Å². The summed E-state index contributed by atoms with van der Waals surface area (Å²) in [4.78, 5) is 21.4. The largest absolute Gasteiger partial charge is 0.496 e. The normalized spacial score (nSPS) is 12.9. The lowest BCUT2D eigenvalue weighted by molar-refractivity contribution is -0.130. The number of methoxy groups -OCH3 is 1. The summed E-state index contributed by atoms with van der Waals surface area (Å²) in [5, 5.41) is 6.04. The number of rotatable bonds is 12. The van der Waals surface area contributed by atoms with Crippen molar-refractivity contribution in [2.75, 3.05) is 25.6 Å². The lowest BCUT2D eigenvalue weighted by Gasteiger charge is -2.17. The van der Waals surface area contributed by atoms with Crippen molar-refractivity contribution in [1.82, 2.24) is 0 Å². The van der Waals surface area contributed by atoms with Gasteiger partial charge in [0.15, 0.2) is 5.75 Å². The van der Waals surface area contributed by atoms with Crippen LogP contribution in [0.2, 0.25) is 5.02 Å². The number of fused-ring (bicyclic) bond motifs is 1. The van der Waals surface area contributed by atoms with Crippen LogP contribution in [-0.4, -0.2) is 33.0 Å². The Labute approximate surface area is 258 Å². The quantitative estimate of drug-likeness (QED) is 0.0962. The van der Waals surface area contributed by atoms with Crippen molar-refractivity contribution in [1.29, 1.82) is 0 Å². The molecule has 1 aliphatic rings. The summed E-state index contributed by atoms with van der Waals surface area (Å²) in [6, 6.07) is 17.4. The minimum absolute atomic E-state index is 0.317. The van der Waals surface area contributed by atoms with Crippen molar-refractivity contribution in [3.8, 4) is 11.5 Å². The number of nitrogens with two attached hydrogens (primary N) is 1. The molecule has 224 valence electrons. The second-order valence-corrected chi connectivity index (χ2v) is 9.95. The summed E-state index contributed by atoms with van der Waals surface area (Å²) < 4.78 is 17.6. The molecule has 0 heterocycles. The molecule has 0 fully saturated rings. The fourth-order valence-corrected chi connectivity index (χ4v) is 4.58. The zero-order valence-electron chi connectivity index (χ0n) is 24.5. The highest BCUT2D eigenvalue weighted by Gasteiger charge is 2.21. The van der Waals surface area contributed by atoms with E-state index in [1.54, 1.807) is 24.3 Å². The molecule has 0 spiro atoms. The van der Waals surface area contributed by atoms with Gasteiger partial charge in [0.1, 0.15) is 18.3 Å². The number of nitrogens with one attached hydrogen (secondary N) is 1. The number of carbonyl (C=O) groups is 2. The highest BCUT2D eigenvalue weighted by atomic mass is 35.5. The van der Waals surface area contributed by atoms with E-state index >= 15 is 0 Å². The number of anilines is 1. The molecule has 8 heteroatoms. The Morgan fingerprint density at radius 2 is 1.84 bits per heavy atom. The third-order valence-corrected chi connectivity index (χ3v) is 6.92. The number of hydrogen-bond donors (Lipinski definition) is 2. The van der Waals surface area contributed by atoms with Gasteiger partial charge in [0.2, 0.25) is 0 Å². The molecule has 4 rings (SSSR count). The van der Waals surface area contributed by atoms with Crippen LogP contribution >= 0.6 is 11.6 Å². The number of carbonyl (C=O) groups excluding carboxylic acids is 2. The van der Waals surface area contributed by atoms with Crippen LogP contribution in [0.1, 0.15) is 25.3 Å². The van der Waals surface area contributed by atoms with E-state index in [9.17, 15) is 4.79 Å². The molecule has 0 saturated carbocycles. The Bertz CT molecular complexity index is 1570. The average Bonchev–Trinajstić information content (AvgIpc) is 3.18. The van der Waals surface area contributed by atoms with E-state index in [2.05, 4.69) is 30.1 Å². The van der Waals surface area contributed by atoms with Crippen molar-refractivity contribution in [3.63, 3.8) is 0 Å². The molecule has 3 aromatic carbocycles. The van der Waals surface area contributed by atoms with Gasteiger partial charge in [-0.2, -0.15) is 0 Å². The van der Waals surface area contributed by atoms with Gasteiger partial charge in [0.25, 0.3) is 0 Å². The Morgan fingerprint density at radius 1 is 1.09 bits per heavy atom. The third-order valence-electron chi connectivity index (χ3n) is 6.68. The average molecular weight is 601 g/mol. The first-order valence-corrected chi connectivity index (χ1v) is 14.2. The summed E-state index contributed by atoms with van der Waals surface area (Å²) >= 11 is 6.31. The number of esters is 1. The van der Waals surface area contributed by atoms with Crippen LogP contribution in [0.15, 0.2) is 114 Å². The lowest BCUT2D eigenvalue weighted by Crippen LogP contribution is -2.15. The van der Waals surface area contributed by atoms with Gasteiger partial charge >= 0.3 is 5.97 Å². The Hall–Kier alpha value is -4.59. The molecule has 3 N–H and O–H groups in total. The molecule has 0 saturated heterocycles. The van der Waals surface area contributed by atoms with E-state index in [4.69, 9.17) is 36.3 Å². The maximum atomic E-state index is 13.4. The van der Waals surface area contributed by atoms with Gasteiger partial charge in [-0.3, -0.25) is 0 Å². The van der Waals surface area contributed by atoms with Crippen LogP contribution in [0.25, 0.3) is 10.8 Å². The molecular weight excluding hydrogens is 564 g/mol. The third kappa shape index (κ3) is 8.95. The van der Waals surface area contributed by atoms with Gasteiger partial charge in [-0.25, -0.2) is 4.79 Å². The Kier molecular flexibility index (Phi) is 12.8. The SMILES string of the molecule is C=C/C=C\C1=CC(OC)=C(C(=O)Oc2cc(Cl)ccc2NCc2cc3ccccc3cc2OCCCN)CC=C1C.C=O. The van der Waals surface area contributed by atoms with Crippen LogP contribution < -0.4 is 20.5 Å². The van der Waals surface area contributed by atoms with E-state index < -0.39 is 5.97 Å². The number of hydrogen-bond acceptors (Lipinski definition) is 7. The minimum atomic E-state index is -0.516. The predicted molar refractivity (Wildman–Crippen MR) is 174 cm³/mol. The molecule has 0 radical (unpaired) electrons. The van der Waals surface area contributed by atoms with E-state index in [1.807, 2.05) is 56.2 Å². The van der Waals surface area contributed by atoms with Gasteiger partial charge < -0.3 is 30.1 Å². The highest BCUT2D eigenvalue weighted by molar-refractivity contribution is 6.30. The molecule has 7 nitrogen and oxygen atoms in total. The van der Waals surface area contributed by atoms with Crippen LogP contribution in [0.5, 0.6) is 11.5 Å². The number of benzene rings is 3. The maximum Gasteiger partial charge on any atom is 0.343 e. The zero-order valence-corrected chi connectivity index (χ0v) is 25.3. The van der Waals surface area contributed by atoms with Gasteiger partial charge in [0.05, 0.1) is 25.0 Å². The fourth-order valence-electron chi connectivity index (χ4n) is 4.42. The van der Waals surface area contributed by atoms with Crippen molar-refractivity contribution in [2.45, 2.75) is 26.3 Å². The smallest absolute Gasteiger partial charge is 0.343 e. The van der Waals surface area contributed by atoms with E-state index in [0.717, 1.165) is 39.7 Å². The number of ether oxygens (including phenoxy) is 3. The van der Waals surface area contributed by atoms with Crippen LogP contribution in [-0.2, 0) is 20.9 Å². The van der Waals surface area contributed by atoms with Crippen LogP contribution in [0.3, 0.4) is 0 Å². The predicted octanol–water partition coefficient (Wildman–Crippen LogP) is 7.47. The molecular formula is C35H37ClN2O5. The molecule has 1 aliphatic carbocycles. The standard InChI is InChI=1S/C34H35ClN2O4.CH2O/c1-4-5-9-24-19-32(39-3)29(14-12-23(24)2)34(38)41-33-21-28(35)13-15-30(33)37-22-27-18-25-10-6-7-11-26(25)20-31(27)40-17-8-16-36;1-2/h4-7,9-13,15,18-21,37H,1,8,14,16-17,22,36H2,2-3H3;1H2/b9-5-;. The minimum Gasteiger partial charge on any atom is -0.496 e. The van der Waals surface area contributed by atoms with E-state index in [0.29, 0.717) is 53.9 Å². The second-order valence-electron chi connectivity index (χ2n) is 9.51. The number of halogens is 1. The van der Waals surface area contributed by atoms with Crippen molar-refractivity contribution in [3.05, 3.63) is 125 Å². The van der Waals surface area contributed by atoms with Crippen molar-refractivity contribution >= 4 is 40.8 Å². The summed E-state index contributed by atoms with van der Waals surface area (Å²) in [6.45, 7) is 9.23. The summed E-state index contributed by atoms with van der Waals surface area (Å²) in [7, 11) is 1.54. The van der Waals surface area contributed by atoms with Gasteiger partial charge in [-0.05, 0) is 72.1 Å². The molecule has 0 aromatic heterocycles. The summed E-state index contributed by atoms with van der Waals surface area (Å²) in [5.41, 5.74) is 9.60. The Balaban J connectivity index is 0.00000248. The second kappa shape index (κ2) is 16.8. The monoisotopic (exact) mass is 600 g/mol.